The van der Waals surface area contributed by atoms with Crippen LogP contribution in [0.15, 0.2) is 0 Å². The van der Waals surface area contributed by atoms with Crippen LogP contribution >= 0.6 is 23.3 Å². The average Bonchev–Trinajstić information content (AvgIpc) is 2.06. The van der Waals surface area contributed by atoms with Crippen LogP contribution in [-0.4, -0.2) is 59.6 Å². The summed E-state index contributed by atoms with van der Waals surface area (Å²) in [6.45, 7) is 0.162. The van der Waals surface area contributed by atoms with E-state index in [0.29, 0.717) is 12.8 Å². The van der Waals surface area contributed by atoms with E-state index in [0.717, 1.165) is 12.8 Å². The van der Waals surface area contributed by atoms with Gasteiger partial charge in [-0.2, -0.15) is 16.8 Å². The second-order valence-corrected chi connectivity index (χ2v) is 7.78. The Kier molecular flexibility index (Phi) is 12.7. The van der Waals surface area contributed by atoms with Gasteiger partial charge in [0.05, 0.1) is 13.2 Å². The fourth-order valence-corrected chi connectivity index (χ4v) is 1.99. The van der Waals surface area contributed by atoms with E-state index in [-0.39, 0.29) is 42.8 Å². The second-order valence-electron chi connectivity index (χ2n) is 2.91. The molecular formula is C6H15NaO6S4. The third-order valence-electron chi connectivity index (χ3n) is 1.50. The van der Waals surface area contributed by atoms with Crippen molar-refractivity contribution < 1.29 is 25.2 Å². The summed E-state index contributed by atoms with van der Waals surface area (Å²) in [6.07, 6.45) is 2.57. The monoisotopic (exact) mass is 334 g/mol. The molecule has 0 saturated heterocycles. The molecule has 0 aliphatic heterocycles. The number of hydrogen-bond acceptors (Lipinski definition) is 6. The molecule has 100 valence electrons. The first-order valence-electron chi connectivity index (χ1n) is 4.44. The molecule has 0 rings (SSSR count). The van der Waals surface area contributed by atoms with Crippen molar-refractivity contribution in [2.75, 3.05) is 13.2 Å². The van der Waals surface area contributed by atoms with Gasteiger partial charge < -0.3 is 0 Å². The summed E-state index contributed by atoms with van der Waals surface area (Å²) in [5.41, 5.74) is 0. The van der Waals surface area contributed by atoms with Crippen LogP contribution in [0.2, 0.25) is 0 Å². The van der Waals surface area contributed by atoms with E-state index >= 15 is 0 Å². The molecule has 0 atom stereocenters. The van der Waals surface area contributed by atoms with Gasteiger partial charge in [0.15, 0.2) is 0 Å². The molecule has 0 saturated carbocycles. The summed E-state index contributed by atoms with van der Waals surface area (Å²) in [6, 6.07) is 0. The summed E-state index contributed by atoms with van der Waals surface area (Å²) < 4.78 is 50.5. The predicted molar refractivity (Wildman–Crippen MR) is 73.3 cm³/mol. The first-order valence-corrected chi connectivity index (χ1v) is 9.36. The Balaban J connectivity index is 0. The minimum absolute atomic E-state index is 0. The van der Waals surface area contributed by atoms with Gasteiger partial charge in [-0.25, -0.2) is 0 Å². The standard InChI is InChI=1S/C6H14O6S4.Na.H/c7-15(8,13)11-5-3-1-2-4-6-12-16(9,10)14;;/h1-6H2,(H,7,8,13)(H,9,10,14);;. The van der Waals surface area contributed by atoms with Crippen LogP contribution in [0.3, 0.4) is 0 Å². The van der Waals surface area contributed by atoms with Crippen molar-refractivity contribution in [2.45, 2.75) is 25.7 Å². The summed E-state index contributed by atoms with van der Waals surface area (Å²) in [5.74, 6) is 0. The van der Waals surface area contributed by atoms with E-state index in [9.17, 15) is 16.8 Å². The van der Waals surface area contributed by atoms with E-state index in [2.05, 4.69) is 31.7 Å². The number of rotatable bonds is 9. The Morgan fingerprint density at radius 3 is 1.24 bits per heavy atom. The Bertz CT molecular complexity index is 339. The minimum atomic E-state index is -3.66. The van der Waals surface area contributed by atoms with E-state index in [1.807, 2.05) is 0 Å². The molecule has 6 nitrogen and oxygen atoms in total. The molecule has 17 heavy (non-hydrogen) atoms. The average molecular weight is 334 g/mol. The summed E-state index contributed by atoms with van der Waals surface area (Å²) >= 11 is 6.40. The van der Waals surface area contributed by atoms with E-state index in [1.54, 1.807) is 0 Å². The van der Waals surface area contributed by atoms with Gasteiger partial charge in [-0.3, -0.25) is 8.37 Å². The maximum absolute atomic E-state index is 10.4. The molecule has 0 aliphatic rings. The van der Waals surface area contributed by atoms with E-state index in [1.165, 1.54) is 0 Å². The first kappa shape index (κ1) is 20.8. The van der Waals surface area contributed by atoms with Gasteiger partial charge in [-0.15, -0.1) is 0 Å². The molecule has 0 N–H and O–H groups in total. The molecule has 0 spiro atoms. The van der Waals surface area contributed by atoms with Crippen molar-refractivity contribution in [3.05, 3.63) is 0 Å². The van der Waals surface area contributed by atoms with Crippen molar-refractivity contribution in [3.8, 4) is 0 Å². The van der Waals surface area contributed by atoms with Crippen LogP contribution in [0, 0.1) is 0 Å². The molecule has 0 aliphatic carbocycles. The van der Waals surface area contributed by atoms with Crippen LogP contribution < -0.4 is 0 Å². The third kappa shape index (κ3) is 20.0. The Hall–Kier alpha value is 1.52. The van der Waals surface area contributed by atoms with Gasteiger partial charge in [0, 0.05) is 0 Å². The Morgan fingerprint density at radius 1 is 0.706 bits per heavy atom. The molecule has 0 heterocycles. The fraction of sp³-hybridized carbons (Fsp3) is 1.00. The fourth-order valence-electron chi connectivity index (χ4n) is 0.886. The van der Waals surface area contributed by atoms with Crippen molar-refractivity contribution >= 4 is 71.2 Å². The van der Waals surface area contributed by atoms with Crippen LogP contribution in [-0.2, 0) is 26.7 Å². The molecule has 0 amide bonds. The predicted octanol–water partition coefficient (Wildman–Crippen LogP) is 0.281. The molecule has 0 bridgehead atoms. The topological polar surface area (TPSA) is 86.7 Å². The van der Waals surface area contributed by atoms with Gasteiger partial charge in [-0.1, -0.05) is 12.8 Å². The number of thiol groups is 2. The molecule has 0 fully saturated rings. The van der Waals surface area contributed by atoms with E-state index < -0.39 is 18.3 Å². The van der Waals surface area contributed by atoms with Crippen LogP contribution in [0.1, 0.15) is 25.7 Å². The van der Waals surface area contributed by atoms with E-state index in [4.69, 9.17) is 0 Å². The number of unbranched alkanes of at least 4 members (excludes halogenated alkanes) is 3. The third-order valence-corrected chi connectivity index (χ3v) is 3.06. The van der Waals surface area contributed by atoms with Gasteiger partial charge in [-0.05, 0) is 36.2 Å². The molecule has 0 aromatic rings. The zero-order chi connectivity index (χ0) is 12.7. The van der Waals surface area contributed by atoms with Gasteiger partial charge in [0.2, 0.25) is 0 Å². The number of hydrogen-bond donors (Lipinski definition) is 2. The summed E-state index contributed by atoms with van der Waals surface area (Å²) in [7, 11) is -7.32. The first-order chi connectivity index (χ1) is 7.21. The van der Waals surface area contributed by atoms with Crippen LogP contribution in [0.25, 0.3) is 0 Å². The molecular weight excluding hydrogens is 319 g/mol. The zero-order valence-electron chi connectivity index (χ0n) is 8.40. The Labute approximate surface area is 134 Å². The quantitative estimate of drug-likeness (QED) is 0.273. The molecule has 0 radical (unpaired) electrons. The molecule has 0 aromatic carbocycles. The van der Waals surface area contributed by atoms with Crippen molar-refractivity contribution in [1.82, 2.24) is 0 Å². The zero-order valence-corrected chi connectivity index (χ0v) is 11.8. The Morgan fingerprint density at radius 2 is 1.00 bits per heavy atom. The second kappa shape index (κ2) is 10.3. The van der Waals surface area contributed by atoms with Crippen molar-refractivity contribution in [2.24, 2.45) is 0 Å². The van der Waals surface area contributed by atoms with Gasteiger partial charge in [0.25, 0.3) is 0 Å². The van der Waals surface area contributed by atoms with Crippen molar-refractivity contribution in [1.29, 1.82) is 0 Å². The summed E-state index contributed by atoms with van der Waals surface area (Å²) in [5, 5.41) is 0. The van der Waals surface area contributed by atoms with Gasteiger partial charge in [0.1, 0.15) is 0 Å². The normalized spacial score (nSPS) is 12.1. The SMILES string of the molecule is O=S(=O)(S)OCCCCCCOS(=O)(=O)S.[NaH]. The van der Waals surface area contributed by atoms with Crippen LogP contribution in [0.4, 0.5) is 0 Å². The maximum atomic E-state index is 10.4. The van der Waals surface area contributed by atoms with Gasteiger partial charge >= 0.3 is 47.9 Å². The van der Waals surface area contributed by atoms with Crippen LogP contribution in [0.5, 0.6) is 0 Å². The molecule has 0 aromatic heterocycles. The molecule has 0 unspecified atom stereocenters. The van der Waals surface area contributed by atoms with Crippen molar-refractivity contribution in [3.63, 3.8) is 0 Å². The molecule has 11 heteroatoms. The summed E-state index contributed by atoms with van der Waals surface area (Å²) in [4.78, 5) is 0.